The highest BCUT2D eigenvalue weighted by molar-refractivity contribution is 8.19. The summed E-state index contributed by atoms with van der Waals surface area (Å²) >= 11 is 4.25. The van der Waals surface area contributed by atoms with Crippen molar-refractivity contribution in [2.75, 3.05) is 18.1 Å². The normalized spacial score (nSPS) is 24.8. The molecule has 0 aromatic heterocycles. The van der Waals surface area contributed by atoms with Gasteiger partial charge in [0, 0.05) is 13.0 Å². The molecule has 3 atom stereocenters. The third kappa shape index (κ3) is 6.78. The Morgan fingerprint density at radius 3 is 2.11 bits per heavy atom. The molecule has 2 aliphatic heterocycles. The molecular weight excluding hydrogens is 509 g/mol. The first-order valence-electron chi connectivity index (χ1n) is 14.1. The number of benzene rings is 2. The number of rotatable bonds is 9. The zero-order valence-corrected chi connectivity index (χ0v) is 26.1. The van der Waals surface area contributed by atoms with Crippen LogP contribution in [0.4, 0.5) is 0 Å². The molecule has 4 rings (SSSR count). The maximum absolute atomic E-state index is 7.20. The summed E-state index contributed by atoms with van der Waals surface area (Å²) in [5, 5.41) is 2.71. The van der Waals surface area contributed by atoms with Crippen LogP contribution in [0.1, 0.15) is 66.7 Å². The van der Waals surface area contributed by atoms with Crippen molar-refractivity contribution in [3.8, 4) is 0 Å². The zero-order chi connectivity index (χ0) is 26.4. The summed E-state index contributed by atoms with van der Waals surface area (Å²) in [5.74, 6) is 3.09. The third-order valence-electron chi connectivity index (χ3n) is 8.00. The van der Waals surface area contributed by atoms with Gasteiger partial charge in [-0.15, -0.1) is 23.5 Å². The van der Waals surface area contributed by atoms with E-state index in [2.05, 4.69) is 131 Å². The zero-order valence-electron chi connectivity index (χ0n) is 23.5. The monoisotopic (exact) mass is 554 g/mol. The van der Waals surface area contributed by atoms with Gasteiger partial charge in [-0.1, -0.05) is 101 Å². The minimum atomic E-state index is -2.50. The molecule has 0 aliphatic carbocycles. The molecule has 0 N–H and O–H groups in total. The van der Waals surface area contributed by atoms with Crippen molar-refractivity contribution in [3.63, 3.8) is 0 Å². The Bertz CT molecular complexity index is 943. The van der Waals surface area contributed by atoms with Crippen LogP contribution in [0.5, 0.6) is 0 Å². The lowest BCUT2D eigenvalue weighted by molar-refractivity contribution is -0.0882. The van der Waals surface area contributed by atoms with Crippen LogP contribution in [-0.2, 0) is 9.16 Å². The molecule has 2 aliphatic rings. The molecule has 2 heterocycles. The van der Waals surface area contributed by atoms with Gasteiger partial charge in [0.05, 0.1) is 16.3 Å². The van der Waals surface area contributed by atoms with E-state index >= 15 is 0 Å². The van der Waals surface area contributed by atoms with Crippen LogP contribution in [-0.4, -0.2) is 42.7 Å². The molecule has 5 heteroatoms. The minimum Gasteiger partial charge on any atom is -0.407 e. The van der Waals surface area contributed by atoms with Gasteiger partial charge in [0.1, 0.15) is 0 Å². The summed E-state index contributed by atoms with van der Waals surface area (Å²) in [4.78, 5) is 0. The lowest BCUT2D eigenvalue weighted by Crippen LogP contribution is -2.66. The van der Waals surface area contributed by atoms with Gasteiger partial charge < -0.3 is 9.16 Å². The summed E-state index contributed by atoms with van der Waals surface area (Å²) in [7, 11) is -2.50. The molecule has 0 bridgehead atoms. The van der Waals surface area contributed by atoms with Crippen molar-refractivity contribution >= 4 is 42.2 Å². The topological polar surface area (TPSA) is 18.5 Å². The summed E-state index contributed by atoms with van der Waals surface area (Å²) in [6, 6.07) is 22.0. The van der Waals surface area contributed by atoms with Crippen LogP contribution in [0.3, 0.4) is 0 Å². The van der Waals surface area contributed by atoms with Gasteiger partial charge in [0.2, 0.25) is 0 Å². The molecule has 0 unspecified atom stereocenters. The van der Waals surface area contributed by atoms with Crippen molar-refractivity contribution in [1.29, 1.82) is 0 Å². The molecule has 0 amide bonds. The third-order valence-corrected chi connectivity index (χ3v) is 16.3. The largest absolute Gasteiger partial charge is 0.407 e. The molecule has 37 heavy (non-hydrogen) atoms. The van der Waals surface area contributed by atoms with Crippen LogP contribution in [0, 0.1) is 5.92 Å². The fourth-order valence-corrected chi connectivity index (χ4v) is 14.1. The highest BCUT2D eigenvalue weighted by Crippen LogP contribution is 2.48. The molecule has 0 radical (unpaired) electrons. The fourth-order valence-electron chi connectivity index (χ4n) is 6.12. The van der Waals surface area contributed by atoms with E-state index in [0.717, 1.165) is 19.4 Å². The molecule has 2 aromatic rings. The Kier molecular flexibility index (Phi) is 10.1. The highest BCUT2D eigenvalue weighted by atomic mass is 32.2. The Hall–Kier alpha value is -0.983. The van der Waals surface area contributed by atoms with Crippen LogP contribution in [0.15, 0.2) is 72.8 Å². The van der Waals surface area contributed by atoms with Gasteiger partial charge >= 0.3 is 0 Å². The summed E-state index contributed by atoms with van der Waals surface area (Å²) in [6.07, 6.45) is 11.1. The van der Waals surface area contributed by atoms with Crippen molar-refractivity contribution in [3.05, 3.63) is 72.8 Å². The number of allylic oxidation sites excluding steroid dienone is 1. The van der Waals surface area contributed by atoms with Crippen molar-refractivity contribution in [1.82, 2.24) is 0 Å². The quantitative estimate of drug-likeness (QED) is 0.234. The molecule has 2 aromatic carbocycles. The highest BCUT2D eigenvalue weighted by Gasteiger charge is 2.50. The SMILES string of the molecule is C/C=C/C1(C[C@@H]2CC[C@H](C)[C@H](CCO[Si](c3ccccc3)(c3ccccc3)C(C)(C)C)O2)SCCCS1. The first kappa shape index (κ1) is 29.0. The smallest absolute Gasteiger partial charge is 0.261 e. The average Bonchev–Trinajstić information content (AvgIpc) is 2.89. The van der Waals surface area contributed by atoms with Crippen molar-refractivity contribution in [2.24, 2.45) is 5.92 Å². The Labute approximate surface area is 235 Å². The molecule has 2 fully saturated rings. The van der Waals surface area contributed by atoms with E-state index in [1.165, 1.54) is 41.1 Å². The van der Waals surface area contributed by atoms with Gasteiger partial charge in [0.25, 0.3) is 8.32 Å². The van der Waals surface area contributed by atoms with Crippen LogP contribution < -0.4 is 10.4 Å². The van der Waals surface area contributed by atoms with Gasteiger partial charge in [0.15, 0.2) is 0 Å². The maximum atomic E-state index is 7.20. The first-order chi connectivity index (χ1) is 17.8. The molecule has 0 spiro atoms. The first-order valence-corrected chi connectivity index (χ1v) is 18.0. The van der Waals surface area contributed by atoms with E-state index < -0.39 is 8.32 Å². The van der Waals surface area contributed by atoms with Gasteiger partial charge in [-0.05, 0) is 65.4 Å². The number of ether oxygens (including phenoxy) is 1. The predicted octanol–water partition coefficient (Wildman–Crippen LogP) is 7.67. The Balaban J connectivity index is 1.50. The average molecular weight is 555 g/mol. The Morgan fingerprint density at radius 2 is 1.57 bits per heavy atom. The standard InChI is InChI=1S/C32H46O2S2Si/c1-6-21-32(35-23-13-24-36-32)25-27-19-18-26(2)30(34-27)20-22-33-37(31(3,4)5,28-14-9-7-10-15-28)29-16-11-8-12-17-29/h6-12,14-17,21,26-27,30H,13,18-20,22-25H2,1-5H3/b21-6+/t26-,27-,30-/m0/s1. The summed E-state index contributed by atoms with van der Waals surface area (Å²) in [6.45, 7) is 12.3. The number of hydrogen-bond donors (Lipinski definition) is 0. The second kappa shape index (κ2) is 12.9. The molecular formula is C32H46O2S2Si. The Morgan fingerprint density at radius 1 is 0.973 bits per heavy atom. The molecule has 0 saturated carbocycles. The van der Waals surface area contributed by atoms with E-state index in [9.17, 15) is 0 Å². The number of thioether (sulfide) groups is 2. The predicted molar refractivity (Wildman–Crippen MR) is 167 cm³/mol. The maximum Gasteiger partial charge on any atom is 0.261 e. The molecule has 2 saturated heterocycles. The van der Waals surface area contributed by atoms with Crippen LogP contribution in [0.25, 0.3) is 0 Å². The van der Waals surface area contributed by atoms with E-state index in [0.29, 0.717) is 12.0 Å². The lowest BCUT2D eigenvalue weighted by atomic mass is 9.90. The van der Waals surface area contributed by atoms with Crippen molar-refractivity contribution in [2.45, 2.75) is 88.0 Å². The second-order valence-corrected chi connectivity index (χ2v) is 19.1. The number of hydrogen-bond acceptors (Lipinski definition) is 4. The fraction of sp³-hybridized carbons (Fsp3) is 0.562. The van der Waals surface area contributed by atoms with Gasteiger partial charge in [-0.25, -0.2) is 0 Å². The lowest BCUT2D eigenvalue weighted by Gasteiger charge is -2.44. The van der Waals surface area contributed by atoms with E-state index in [4.69, 9.17) is 9.16 Å². The second-order valence-electron chi connectivity index (χ2n) is 11.7. The van der Waals surface area contributed by atoms with E-state index in [1.807, 2.05) is 0 Å². The van der Waals surface area contributed by atoms with Crippen molar-refractivity contribution < 1.29 is 9.16 Å². The minimum absolute atomic E-state index is 0.00553. The van der Waals surface area contributed by atoms with Crippen LogP contribution in [0.2, 0.25) is 5.04 Å². The molecule has 2 nitrogen and oxygen atoms in total. The van der Waals surface area contributed by atoms with E-state index in [1.54, 1.807) is 0 Å². The summed E-state index contributed by atoms with van der Waals surface area (Å²) < 4.78 is 14.2. The van der Waals surface area contributed by atoms with Crippen LogP contribution >= 0.6 is 23.5 Å². The van der Waals surface area contributed by atoms with Gasteiger partial charge in [-0.2, -0.15) is 0 Å². The summed E-state index contributed by atoms with van der Waals surface area (Å²) in [5.41, 5.74) is 0. The van der Waals surface area contributed by atoms with E-state index in [-0.39, 0.29) is 15.2 Å². The van der Waals surface area contributed by atoms with Gasteiger partial charge in [-0.3, -0.25) is 0 Å². The molecule has 202 valence electrons.